The lowest BCUT2D eigenvalue weighted by Crippen LogP contribution is -2.40. The third-order valence-electron chi connectivity index (χ3n) is 3.12. The van der Waals surface area contributed by atoms with Gasteiger partial charge in [-0.15, -0.1) is 0 Å². The van der Waals surface area contributed by atoms with E-state index in [9.17, 15) is 4.79 Å². The Labute approximate surface area is 127 Å². The highest BCUT2D eigenvalue weighted by molar-refractivity contribution is 6.07. The number of fused-ring (bicyclic) bond motifs is 1. The van der Waals surface area contributed by atoms with Crippen LogP contribution in [0.15, 0.2) is 33.4 Å². The normalized spacial score (nSPS) is 11.8. The van der Waals surface area contributed by atoms with Gasteiger partial charge < -0.3 is 14.3 Å². The van der Waals surface area contributed by atoms with Gasteiger partial charge in [0, 0.05) is 5.54 Å². The van der Waals surface area contributed by atoms with Crippen molar-refractivity contribution in [3.8, 4) is 11.5 Å². The topological polar surface area (TPSA) is 81.2 Å². The molecular formula is C16H17N3O3. The molecule has 1 N–H and O–H groups in total. The van der Waals surface area contributed by atoms with Gasteiger partial charge in [0.15, 0.2) is 5.76 Å². The van der Waals surface area contributed by atoms with Crippen LogP contribution in [0.3, 0.4) is 0 Å². The van der Waals surface area contributed by atoms with Crippen molar-refractivity contribution < 1.29 is 13.7 Å². The number of pyridine rings is 1. The zero-order valence-corrected chi connectivity index (χ0v) is 12.9. The highest BCUT2D eigenvalue weighted by Gasteiger charge is 2.22. The number of hydrogen-bond acceptors (Lipinski definition) is 5. The molecule has 1 amide bonds. The van der Waals surface area contributed by atoms with Crippen molar-refractivity contribution in [1.29, 1.82) is 0 Å². The Hall–Kier alpha value is -2.63. The fraction of sp³-hybridized carbons (Fsp3) is 0.312. The first kappa shape index (κ1) is 14.3. The average molecular weight is 299 g/mol. The van der Waals surface area contributed by atoms with E-state index in [0.29, 0.717) is 33.8 Å². The maximum absolute atomic E-state index is 12.6. The minimum Gasteiger partial charge on any atom is -0.463 e. The number of nitrogens with zero attached hydrogens (tertiary/aromatic N) is 2. The summed E-state index contributed by atoms with van der Waals surface area (Å²) in [4.78, 5) is 17.0. The third kappa shape index (κ3) is 2.59. The second kappa shape index (κ2) is 4.98. The molecule has 0 aliphatic rings. The van der Waals surface area contributed by atoms with Gasteiger partial charge in [0.05, 0.1) is 22.9 Å². The van der Waals surface area contributed by atoms with Crippen molar-refractivity contribution in [3.05, 3.63) is 35.7 Å². The van der Waals surface area contributed by atoms with E-state index in [2.05, 4.69) is 15.5 Å². The van der Waals surface area contributed by atoms with E-state index in [0.717, 1.165) is 0 Å². The SMILES string of the molecule is Cc1noc2nc(-c3ccco3)cc(C(=O)NC(C)(C)C)c12. The van der Waals surface area contributed by atoms with Gasteiger partial charge in [0.2, 0.25) is 0 Å². The lowest BCUT2D eigenvalue weighted by Gasteiger charge is -2.20. The first-order valence-electron chi connectivity index (χ1n) is 6.98. The molecule has 6 heteroatoms. The Bertz CT molecular complexity index is 826. The van der Waals surface area contributed by atoms with Crippen LogP contribution in [0, 0.1) is 6.92 Å². The summed E-state index contributed by atoms with van der Waals surface area (Å²) >= 11 is 0. The van der Waals surface area contributed by atoms with Gasteiger partial charge in [-0.3, -0.25) is 4.79 Å². The van der Waals surface area contributed by atoms with Gasteiger partial charge in [0.1, 0.15) is 5.69 Å². The van der Waals surface area contributed by atoms with Crippen molar-refractivity contribution >= 4 is 17.0 Å². The second-order valence-corrected chi connectivity index (χ2v) is 6.18. The number of aryl methyl sites for hydroxylation is 1. The Balaban J connectivity index is 2.18. The van der Waals surface area contributed by atoms with E-state index in [1.165, 1.54) is 0 Å². The lowest BCUT2D eigenvalue weighted by atomic mass is 10.0. The third-order valence-corrected chi connectivity index (χ3v) is 3.12. The highest BCUT2D eigenvalue weighted by Crippen LogP contribution is 2.27. The highest BCUT2D eigenvalue weighted by atomic mass is 16.5. The summed E-state index contributed by atoms with van der Waals surface area (Å²) in [6, 6.07) is 5.25. The van der Waals surface area contributed by atoms with Crippen molar-refractivity contribution in [2.75, 3.05) is 0 Å². The number of aromatic nitrogens is 2. The molecule has 0 bridgehead atoms. The number of rotatable bonds is 2. The van der Waals surface area contributed by atoms with Gasteiger partial charge in [-0.05, 0) is 45.9 Å². The van der Waals surface area contributed by atoms with E-state index >= 15 is 0 Å². The molecule has 0 saturated carbocycles. The van der Waals surface area contributed by atoms with E-state index in [1.807, 2.05) is 20.8 Å². The first-order valence-corrected chi connectivity index (χ1v) is 6.98. The van der Waals surface area contributed by atoms with Gasteiger partial charge in [0.25, 0.3) is 11.6 Å². The number of carbonyl (C=O) groups is 1. The smallest absolute Gasteiger partial charge is 0.259 e. The van der Waals surface area contributed by atoms with Gasteiger partial charge in [-0.2, -0.15) is 0 Å². The lowest BCUT2D eigenvalue weighted by molar-refractivity contribution is 0.0921. The second-order valence-electron chi connectivity index (χ2n) is 6.18. The predicted molar refractivity (Wildman–Crippen MR) is 81.5 cm³/mol. The maximum atomic E-state index is 12.6. The van der Waals surface area contributed by atoms with Crippen molar-refractivity contribution in [2.45, 2.75) is 33.2 Å². The van der Waals surface area contributed by atoms with E-state index in [-0.39, 0.29) is 11.4 Å². The van der Waals surface area contributed by atoms with E-state index in [1.54, 1.807) is 31.4 Å². The van der Waals surface area contributed by atoms with E-state index < -0.39 is 0 Å². The first-order chi connectivity index (χ1) is 10.3. The molecular weight excluding hydrogens is 282 g/mol. The van der Waals surface area contributed by atoms with Crippen LogP contribution in [-0.4, -0.2) is 21.6 Å². The summed E-state index contributed by atoms with van der Waals surface area (Å²) in [6.07, 6.45) is 1.56. The van der Waals surface area contributed by atoms with Crippen molar-refractivity contribution in [2.24, 2.45) is 0 Å². The fourth-order valence-electron chi connectivity index (χ4n) is 2.23. The molecule has 114 valence electrons. The minimum atomic E-state index is -0.345. The monoisotopic (exact) mass is 299 g/mol. The standard InChI is InChI=1S/C16H17N3O3/c1-9-13-10(14(20)18-16(2,3)4)8-11(12-6-5-7-21-12)17-15(13)22-19-9/h5-8H,1-4H3,(H,18,20). The summed E-state index contributed by atoms with van der Waals surface area (Å²) in [6.45, 7) is 7.57. The summed E-state index contributed by atoms with van der Waals surface area (Å²) in [5, 5.41) is 7.48. The number of hydrogen-bond donors (Lipinski definition) is 1. The Kier molecular flexibility index (Phi) is 3.24. The molecule has 0 aliphatic carbocycles. The Morgan fingerprint density at radius 3 is 2.73 bits per heavy atom. The summed E-state index contributed by atoms with van der Waals surface area (Å²) in [7, 11) is 0. The molecule has 0 radical (unpaired) electrons. The summed E-state index contributed by atoms with van der Waals surface area (Å²) < 4.78 is 10.6. The van der Waals surface area contributed by atoms with Crippen LogP contribution in [0.5, 0.6) is 0 Å². The van der Waals surface area contributed by atoms with Crippen LogP contribution >= 0.6 is 0 Å². The van der Waals surface area contributed by atoms with E-state index in [4.69, 9.17) is 8.94 Å². The van der Waals surface area contributed by atoms with Crippen LogP contribution in [-0.2, 0) is 0 Å². The Morgan fingerprint density at radius 1 is 1.32 bits per heavy atom. The van der Waals surface area contributed by atoms with Crippen LogP contribution in [0.25, 0.3) is 22.6 Å². The molecule has 6 nitrogen and oxygen atoms in total. The quantitative estimate of drug-likeness (QED) is 0.785. The molecule has 0 saturated heterocycles. The van der Waals surface area contributed by atoms with Crippen LogP contribution < -0.4 is 5.32 Å². The molecule has 22 heavy (non-hydrogen) atoms. The van der Waals surface area contributed by atoms with Crippen molar-refractivity contribution in [1.82, 2.24) is 15.5 Å². The zero-order valence-electron chi connectivity index (χ0n) is 12.9. The minimum absolute atomic E-state index is 0.195. The molecule has 0 spiro atoms. The van der Waals surface area contributed by atoms with Crippen molar-refractivity contribution in [3.63, 3.8) is 0 Å². The zero-order chi connectivity index (χ0) is 15.9. The summed E-state index contributed by atoms with van der Waals surface area (Å²) in [5.74, 6) is 0.375. The molecule has 0 unspecified atom stereocenters. The predicted octanol–water partition coefficient (Wildman–Crippen LogP) is 3.32. The molecule has 3 aromatic rings. The fourth-order valence-corrected chi connectivity index (χ4v) is 2.23. The molecule has 0 aromatic carbocycles. The van der Waals surface area contributed by atoms with Crippen LogP contribution in [0.1, 0.15) is 36.8 Å². The number of carbonyl (C=O) groups excluding carboxylic acids is 1. The van der Waals surface area contributed by atoms with Gasteiger partial charge in [-0.1, -0.05) is 5.16 Å². The largest absolute Gasteiger partial charge is 0.463 e. The average Bonchev–Trinajstić information content (AvgIpc) is 3.06. The Morgan fingerprint density at radius 2 is 2.09 bits per heavy atom. The number of furan rings is 1. The molecule has 3 rings (SSSR count). The van der Waals surface area contributed by atoms with Crippen LogP contribution in [0.2, 0.25) is 0 Å². The van der Waals surface area contributed by atoms with Gasteiger partial charge >= 0.3 is 0 Å². The molecule has 0 aliphatic heterocycles. The molecule has 0 fully saturated rings. The summed E-state index contributed by atoms with van der Waals surface area (Å²) in [5.41, 5.74) is 1.62. The maximum Gasteiger partial charge on any atom is 0.259 e. The van der Waals surface area contributed by atoms with Gasteiger partial charge in [-0.25, -0.2) is 4.98 Å². The molecule has 3 aromatic heterocycles. The molecule has 3 heterocycles. The van der Waals surface area contributed by atoms with Crippen LogP contribution in [0.4, 0.5) is 0 Å². The number of amides is 1. The number of nitrogens with one attached hydrogen (secondary N) is 1. The molecule has 0 atom stereocenters.